The SMILES string of the molecule is CCS(=O)(=O)NCCc1csc(N2CCCC2)n1. The van der Waals surface area contributed by atoms with Gasteiger partial charge < -0.3 is 4.90 Å². The summed E-state index contributed by atoms with van der Waals surface area (Å²) in [6.45, 7) is 4.25. The predicted octanol–water partition coefficient (Wildman–Crippen LogP) is 1.23. The van der Waals surface area contributed by atoms with Crippen LogP contribution in [0.2, 0.25) is 0 Å². The van der Waals surface area contributed by atoms with Crippen molar-refractivity contribution in [2.45, 2.75) is 26.2 Å². The maximum absolute atomic E-state index is 11.3. The second-order valence-electron chi connectivity index (χ2n) is 4.36. The number of nitrogens with one attached hydrogen (secondary N) is 1. The second-order valence-corrected chi connectivity index (χ2v) is 7.30. The van der Waals surface area contributed by atoms with Gasteiger partial charge in [-0.15, -0.1) is 11.3 Å². The largest absolute Gasteiger partial charge is 0.348 e. The molecule has 5 nitrogen and oxygen atoms in total. The third-order valence-electron chi connectivity index (χ3n) is 3.00. The van der Waals surface area contributed by atoms with Gasteiger partial charge in [-0.1, -0.05) is 0 Å². The van der Waals surface area contributed by atoms with E-state index in [4.69, 9.17) is 0 Å². The molecule has 0 saturated carbocycles. The maximum Gasteiger partial charge on any atom is 0.211 e. The van der Waals surface area contributed by atoms with E-state index in [0.29, 0.717) is 13.0 Å². The molecular formula is C11H19N3O2S2. The van der Waals surface area contributed by atoms with Gasteiger partial charge in [-0.05, 0) is 19.8 Å². The van der Waals surface area contributed by atoms with Crippen LogP contribution in [0.15, 0.2) is 5.38 Å². The van der Waals surface area contributed by atoms with Gasteiger partial charge in [0.15, 0.2) is 5.13 Å². The highest BCUT2D eigenvalue weighted by Gasteiger charge is 2.15. The van der Waals surface area contributed by atoms with Crippen molar-refractivity contribution in [1.82, 2.24) is 9.71 Å². The quantitative estimate of drug-likeness (QED) is 0.855. The smallest absolute Gasteiger partial charge is 0.211 e. The molecule has 7 heteroatoms. The molecule has 2 rings (SSSR count). The lowest BCUT2D eigenvalue weighted by Gasteiger charge is -2.12. The molecular weight excluding hydrogens is 270 g/mol. The topological polar surface area (TPSA) is 62.3 Å². The lowest BCUT2D eigenvalue weighted by Crippen LogP contribution is -2.27. The average molecular weight is 289 g/mol. The van der Waals surface area contributed by atoms with E-state index in [1.807, 2.05) is 5.38 Å². The summed E-state index contributed by atoms with van der Waals surface area (Å²) in [6.07, 6.45) is 3.14. The third-order valence-corrected chi connectivity index (χ3v) is 5.35. The first-order valence-corrected chi connectivity index (χ1v) is 8.80. The van der Waals surface area contributed by atoms with Crippen molar-refractivity contribution in [3.8, 4) is 0 Å². The van der Waals surface area contributed by atoms with Crippen LogP contribution in [-0.4, -0.2) is 38.8 Å². The fourth-order valence-corrected chi connectivity index (χ4v) is 3.43. The van der Waals surface area contributed by atoms with Crippen LogP contribution in [-0.2, 0) is 16.4 Å². The van der Waals surface area contributed by atoms with E-state index in [-0.39, 0.29) is 5.75 Å². The van der Waals surface area contributed by atoms with E-state index < -0.39 is 10.0 Å². The van der Waals surface area contributed by atoms with Gasteiger partial charge >= 0.3 is 0 Å². The molecule has 18 heavy (non-hydrogen) atoms. The van der Waals surface area contributed by atoms with Gasteiger partial charge in [0.25, 0.3) is 0 Å². The lowest BCUT2D eigenvalue weighted by atomic mass is 10.3. The minimum absolute atomic E-state index is 0.128. The van der Waals surface area contributed by atoms with Crippen molar-refractivity contribution in [3.63, 3.8) is 0 Å². The lowest BCUT2D eigenvalue weighted by molar-refractivity contribution is 0.582. The summed E-state index contributed by atoms with van der Waals surface area (Å²) in [5.41, 5.74) is 0.973. The van der Waals surface area contributed by atoms with Crippen LogP contribution in [0.25, 0.3) is 0 Å². The predicted molar refractivity (Wildman–Crippen MR) is 74.7 cm³/mol. The Morgan fingerprint density at radius 1 is 1.44 bits per heavy atom. The van der Waals surface area contributed by atoms with Crippen LogP contribution in [0.4, 0.5) is 5.13 Å². The molecule has 1 aliphatic rings. The molecule has 1 N–H and O–H groups in total. The summed E-state index contributed by atoms with van der Waals surface area (Å²) in [6, 6.07) is 0. The highest BCUT2D eigenvalue weighted by atomic mass is 32.2. The molecule has 1 aromatic rings. The first kappa shape index (κ1) is 13.8. The van der Waals surface area contributed by atoms with Crippen LogP contribution < -0.4 is 9.62 Å². The molecule has 0 bridgehead atoms. The number of anilines is 1. The number of sulfonamides is 1. The summed E-state index contributed by atoms with van der Waals surface area (Å²) in [7, 11) is -3.08. The van der Waals surface area contributed by atoms with E-state index in [9.17, 15) is 8.42 Å². The van der Waals surface area contributed by atoms with E-state index in [0.717, 1.165) is 23.9 Å². The van der Waals surface area contributed by atoms with Crippen LogP contribution in [0.3, 0.4) is 0 Å². The Labute approximate surface area is 112 Å². The van der Waals surface area contributed by atoms with Crippen molar-refractivity contribution in [1.29, 1.82) is 0 Å². The molecule has 2 heterocycles. The fourth-order valence-electron chi connectivity index (χ4n) is 1.90. The van der Waals surface area contributed by atoms with Crippen LogP contribution in [0.5, 0.6) is 0 Å². The normalized spacial score (nSPS) is 16.4. The number of thiazole rings is 1. The van der Waals surface area contributed by atoms with Crippen LogP contribution in [0, 0.1) is 0 Å². The highest BCUT2D eigenvalue weighted by Crippen LogP contribution is 2.24. The third kappa shape index (κ3) is 3.66. The summed E-state index contributed by atoms with van der Waals surface area (Å²) in [5, 5.41) is 3.09. The average Bonchev–Trinajstić information content (AvgIpc) is 2.98. The Morgan fingerprint density at radius 2 is 2.17 bits per heavy atom. The molecule has 0 aliphatic carbocycles. The molecule has 1 fully saturated rings. The maximum atomic E-state index is 11.3. The monoisotopic (exact) mass is 289 g/mol. The van der Waals surface area contributed by atoms with Crippen molar-refractivity contribution in [3.05, 3.63) is 11.1 Å². The molecule has 0 radical (unpaired) electrons. The standard InChI is InChI=1S/C11H19N3O2S2/c1-2-18(15,16)12-6-5-10-9-17-11(13-10)14-7-3-4-8-14/h9,12H,2-8H2,1H3. The van der Waals surface area contributed by atoms with Gasteiger partial charge in [-0.3, -0.25) is 0 Å². The summed E-state index contributed by atoms with van der Waals surface area (Å²) < 4.78 is 25.1. The van der Waals surface area contributed by atoms with Gasteiger partial charge in [-0.2, -0.15) is 0 Å². The zero-order valence-corrected chi connectivity index (χ0v) is 12.2. The Morgan fingerprint density at radius 3 is 2.83 bits per heavy atom. The van der Waals surface area contributed by atoms with Crippen molar-refractivity contribution in [2.24, 2.45) is 0 Å². The molecule has 0 amide bonds. The van der Waals surface area contributed by atoms with E-state index in [2.05, 4.69) is 14.6 Å². The Kier molecular flexibility index (Phi) is 4.58. The van der Waals surface area contributed by atoms with E-state index in [1.165, 1.54) is 12.8 Å². The Bertz CT molecular complexity index is 478. The Balaban J connectivity index is 1.83. The van der Waals surface area contributed by atoms with Gasteiger partial charge in [0.1, 0.15) is 0 Å². The number of hydrogen-bond acceptors (Lipinski definition) is 5. The van der Waals surface area contributed by atoms with Crippen LogP contribution in [0.1, 0.15) is 25.5 Å². The van der Waals surface area contributed by atoms with Gasteiger partial charge in [0.2, 0.25) is 10.0 Å². The van der Waals surface area contributed by atoms with E-state index in [1.54, 1.807) is 18.3 Å². The van der Waals surface area contributed by atoms with Crippen LogP contribution >= 0.6 is 11.3 Å². The number of hydrogen-bond donors (Lipinski definition) is 1. The summed E-state index contributed by atoms with van der Waals surface area (Å²) in [5.74, 6) is 0.128. The first-order chi connectivity index (χ1) is 8.61. The number of aromatic nitrogens is 1. The minimum atomic E-state index is -3.08. The van der Waals surface area contributed by atoms with Gasteiger partial charge in [-0.25, -0.2) is 18.1 Å². The number of rotatable bonds is 6. The fraction of sp³-hybridized carbons (Fsp3) is 0.727. The Hall–Kier alpha value is -0.660. The molecule has 1 aliphatic heterocycles. The molecule has 0 aromatic carbocycles. The number of nitrogens with zero attached hydrogens (tertiary/aromatic N) is 2. The van der Waals surface area contributed by atoms with Crippen molar-refractivity contribution >= 4 is 26.5 Å². The molecule has 0 atom stereocenters. The molecule has 1 saturated heterocycles. The minimum Gasteiger partial charge on any atom is -0.348 e. The molecule has 0 spiro atoms. The van der Waals surface area contributed by atoms with Gasteiger partial charge in [0.05, 0.1) is 11.4 Å². The second kappa shape index (κ2) is 5.99. The molecule has 102 valence electrons. The van der Waals surface area contributed by atoms with E-state index >= 15 is 0 Å². The summed E-state index contributed by atoms with van der Waals surface area (Å²) in [4.78, 5) is 6.84. The zero-order chi connectivity index (χ0) is 13.0. The van der Waals surface area contributed by atoms with Gasteiger partial charge in [0, 0.05) is 31.4 Å². The molecule has 0 unspecified atom stereocenters. The zero-order valence-electron chi connectivity index (χ0n) is 10.6. The molecule has 1 aromatic heterocycles. The first-order valence-electron chi connectivity index (χ1n) is 6.27. The summed E-state index contributed by atoms with van der Waals surface area (Å²) >= 11 is 1.65. The van der Waals surface area contributed by atoms with Crippen molar-refractivity contribution < 1.29 is 8.42 Å². The van der Waals surface area contributed by atoms with Crippen molar-refractivity contribution in [2.75, 3.05) is 30.3 Å². The highest BCUT2D eigenvalue weighted by molar-refractivity contribution is 7.89.